The molecule has 0 bridgehead atoms. The van der Waals surface area contributed by atoms with E-state index < -0.39 is 12.1 Å². The molecule has 140 valence electrons. The van der Waals surface area contributed by atoms with Crippen molar-refractivity contribution >= 4 is 28.5 Å². The smallest absolute Gasteiger partial charge is 0.407 e. The minimum Gasteiger partial charge on any atom is -0.453 e. The molecule has 1 aromatic heterocycles. The van der Waals surface area contributed by atoms with Gasteiger partial charge in [-0.25, -0.2) is 4.79 Å². The molecule has 0 saturated carbocycles. The monoisotopic (exact) mass is 376 g/mol. The van der Waals surface area contributed by atoms with Gasteiger partial charge in [-0.1, -0.05) is 55.5 Å². The van der Waals surface area contributed by atoms with Crippen LogP contribution in [0.4, 0.5) is 9.93 Å². The van der Waals surface area contributed by atoms with Gasteiger partial charge in [0.2, 0.25) is 11.0 Å². The number of carbonyl (C=O) groups excluding carboxylic acids is 2. The Kier molecular flexibility index (Phi) is 7.53. The molecule has 1 unspecified atom stereocenters. The third-order valence-electron chi connectivity index (χ3n) is 4.08. The van der Waals surface area contributed by atoms with E-state index in [0.29, 0.717) is 17.5 Å². The largest absolute Gasteiger partial charge is 0.453 e. The number of ether oxygens (including phenoxy) is 1. The minimum absolute atomic E-state index is 0.339. The van der Waals surface area contributed by atoms with Crippen LogP contribution in [-0.2, 0) is 16.0 Å². The first-order valence-electron chi connectivity index (χ1n) is 8.60. The quantitative estimate of drug-likeness (QED) is 0.737. The Bertz CT molecular complexity index is 716. The van der Waals surface area contributed by atoms with Crippen molar-refractivity contribution in [3.63, 3.8) is 0 Å². The first-order valence-corrected chi connectivity index (χ1v) is 9.41. The highest BCUT2D eigenvalue weighted by Gasteiger charge is 2.23. The van der Waals surface area contributed by atoms with Gasteiger partial charge in [-0.05, 0) is 18.4 Å². The summed E-state index contributed by atoms with van der Waals surface area (Å²) in [5.74, 6) is -0.0158. The number of amides is 2. The summed E-state index contributed by atoms with van der Waals surface area (Å²) < 4.78 is 4.63. The normalized spacial score (nSPS) is 11.8. The number of hydrogen-bond donors (Lipinski definition) is 2. The third-order valence-corrected chi connectivity index (χ3v) is 5.08. The highest BCUT2D eigenvalue weighted by molar-refractivity contribution is 7.15. The van der Waals surface area contributed by atoms with E-state index in [1.165, 1.54) is 18.4 Å². The maximum Gasteiger partial charge on any atom is 0.407 e. The summed E-state index contributed by atoms with van der Waals surface area (Å²) in [6.07, 6.45) is 1.63. The number of carbonyl (C=O) groups is 2. The van der Waals surface area contributed by atoms with Crippen LogP contribution in [0, 0.1) is 0 Å². The third kappa shape index (κ3) is 5.52. The van der Waals surface area contributed by atoms with Gasteiger partial charge in [-0.2, -0.15) is 0 Å². The Labute approximate surface area is 157 Å². The summed E-state index contributed by atoms with van der Waals surface area (Å²) in [6.45, 7) is 4.20. The van der Waals surface area contributed by atoms with Crippen molar-refractivity contribution in [2.45, 2.75) is 45.1 Å². The Morgan fingerprint density at radius 3 is 2.46 bits per heavy atom. The number of alkyl carbamates (subject to hydrolysis) is 1. The number of methoxy groups -OCH3 is 1. The van der Waals surface area contributed by atoms with Gasteiger partial charge in [-0.15, -0.1) is 10.2 Å². The number of aromatic nitrogens is 2. The van der Waals surface area contributed by atoms with E-state index in [4.69, 9.17) is 0 Å². The predicted molar refractivity (Wildman–Crippen MR) is 101 cm³/mol. The summed E-state index contributed by atoms with van der Waals surface area (Å²) in [7, 11) is 1.26. The maximum atomic E-state index is 12.6. The Morgan fingerprint density at radius 2 is 1.85 bits per heavy atom. The summed E-state index contributed by atoms with van der Waals surface area (Å²) in [5.41, 5.74) is 0.930. The molecular formula is C18H24N4O3S. The van der Waals surface area contributed by atoms with Crippen LogP contribution in [0.1, 0.15) is 43.2 Å². The van der Waals surface area contributed by atoms with Gasteiger partial charge in [0.15, 0.2) is 0 Å². The SMILES string of the molecule is CCC(CC)c1nnc(NC(=O)C(Cc2ccccc2)NC(=O)OC)s1. The average Bonchev–Trinajstić information content (AvgIpc) is 3.11. The molecule has 1 atom stereocenters. The number of hydrogen-bond acceptors (Lipinski definition) is 6. The average molecular weight is 376 g/mol. The Hall–Kier alpha value is -2.48. The van der Waals surface area contributed by atoms with Crippen molar-refractivity contribution in [2.24, 2.45) is 0 Å². The van der Waals surface area contributed by atoms with E-state index in [1.807, 2.05) is 30.3 Å². The number of nitrogens with one attached hydrogen (secondary N) is 2. The van der Waals surface area contributed by atoms with Crippen molar-refractivity contribution < 1.29 is 14.3 Å². The molecule has 26 heavy (non-hydrogen) atoms. The maximum absolute atomic E-state index is 12.6. The molecule has 8 heteroatoms. The molecule has 0 radical (unpaired) electrons. The lowest BCUT2D eigenvalue weighted by atomic mass is 10.1. The van der Waals surface area contributed by atoms with Crippen LogP contribution in [0.2, 0.25) is 0 Å². The van der Waals surface area contributed by atoms with Crippen molar-refractivity contribution in [3.05, 3.63) is 40.9 Å². The summed E-state index contributed by atoms with van der Waals surface area (Å²) >= 11 is 1.37. The topological polar surface area (TPSA) is 93.2 Å². The molecule has 2 aromatic rings. The van der Waals surface area contributed by atoms with Crippen LogP contribution in [0.25, 0.3) is 0 Å². The number of benzene rings is 1. The second-order valence-corrected chi connectivity index (χ2v) is 6.84. The lowest BCUT2D eigenvalue weighted by Gasteiger charge is -2.17. The first kappa shape index (κ1) is 19.8. The molecule has 0 saturated heterocycles. The highest BCUT2D eigenvalue weighted by Crippen LogP contribution is 2.28. The lowest BCUT2D eigenvalue weighted by Crippen LogP contribution is -2.45. The van der Waals surface area contributed by atoms with Crippen molar-refractivity contribution in [3.8, 4) is 0 Å². The van der Waals surface area contributed by atoms with Gasteiger partial charge in [0.25, 0.3) is 0 Å². The molecule has 1 aromatic carbocycles. The van der Waals surface area contributed by atoms with E-state index in [0.717, 1.165) is 23.4 Å². The fourth-order valence-electron chi connectivity index (χ4n) is 2.54. The number of anilines is 1. The molecule has 0 aliphatic rings. The molecule has 2 rings (SSSR count). The summed E-state index contributed by atoms with van der Waals surface area (Å²) in [6, 6.07) is 8.69. The summed E-state index contributed by atoms with van der Waals surface area (Å²) in [4.78, 5) is 24.2. The Balaban J connectivity index is 2.09. The zero-order valence-corrected chi connectivity index (χ0v) is 16.0. The van der Waals surface area contributed by atoms with Gasteiger partial charge in [-0.3, -0.25) is 10.1 Å². The zero-order valence-electron chi connectivity index (χ0n) is 15.2. The van der Waals surface area contributed by atoms with Crippen molar-refractivity contribution in [1.29, 1.82) is 0 Å². The van der Waals surface area contributed by atoms with Crippen LogP contribution in [0.15, 0.2) is 30.3 Å². The lowest BCUT2D eigenvalue weighted by molar-refractivity contribution is -0.118. The molecule has 0 fully saturated rings. The minimum atomic E-state index is -0.773. The highest BCUT2D eigenvalue weighted by atomic mass is 32.1. The Morgan fingerprint density at radius 1 is 1.15 bits per heavy atom. The van der Waals surface area contributed by atoms with Crippen LogP contribution >= 0.6 is 11.3 Å². The molecule has 7 nitrogen and oxygen atoms in total. The standard InChI is InChI=1S/C18H24N4O3S/c1-4-13(5-2)16-21-22-17(26-16)20-15(23)14(19-18(24)25-3)11-12-9-7-6-8-10-12/h6-10,13-14H,4-5,11H2,1-3H3,(H,19,24)(H,20,22,23). The van der Waals surface area contributed by atoms with Crippen LogP contribution in [0.3, 0.4) is 0 Å². The van der Waals surface area contributed by atoms with Gasteiger partial charge < -0.3 is 10.1 Å². The zero-order chi connectivity index (χ0) is 18.9. The number of rotatable bonds is 8. The van der Waals surface area contributed by atoms with Gasteiger partial charge in [0.1, 0.15) is 11.0 Å². The molecule has 0 spiro atoms. The molecule has 1 heterocycles. The van der Waals surface area contributed by atoms with E-state index in [9.17, 15) is 9.59 Å². The van der Waals surface area contributed by atoms with E-state index in [2.05, 4.69) is 39.4 Å². The van der Waals surface area contributed by atoms with Crippen LogP contribution in [0.5, 0.6) is 0 Å². The number of nitrogens with zero attached hydrogens (tertiary/aromatic N) is 2. The van der Waals surface area contributed by atoms with Crippen LogP contribution in [-0.4, -0.2) is 35.3 Å². The molecular weight excluding hydrogens is 352 g/mol. The fourth-order valence-corrected chi connectivity index (χ4v) is 3.55. The predicted octanol–water partition coefficient (Wildman–Crippen LogP) is 3.35. The van der Waals surface area contributed by atoms with Crippen molar-refractivity contribution in [2.75, 3.05) is 12.4 Å². The molecule has 2 amide bonds. The van der Waals surface area contributed by atoms with Gasteiger partial charge in [0, 0.05) is 12.3 Å². The van der Waals surface area contributed by atoms with Crippen LogP contribution < -0.4 is 10.6 Å². The van der Waals surface area contributed by atoms with E-state index in [1.54, 1.807) is 0 Å². The summed E-state index contributed by atoms with van der Waals surface area (Å²) in [5, 5.41) is 14.9. The fraction of sp³-hybridized carbons (Fsp3) is 0.444. The van der Waals surface area contributed by atoms with Gasteiger partial charge >= 0.3 is 6.09 Å². The molecule has 2 N–H and O–H groups in total. The first-order chi connectivity index (χ1) is 12.6. The second kappa shape index (κ2) is 9.86. The molecule has 0 aliphatic heterocycles. The van der Waals surface area contributed by atoms with Gasteiger partial charge in [0.05, 0.1) is 7.11 Å². The van der Waals surface area contributed by atoms with E-state index >= 15 is 0 Å². The molecule has 0 aliphatic carbocycles. The van der Waals surface area contributed by atoms with E-state index in [-0.39, 0.29) is 5.91 Å². The second-order valence-electron chi connectivity index (χ2n) is 5.83. The van der Waals surface area contributed by atoms with Crippen molar-refractivity contribution in [1.82, 2.24) is 15.5 Å².